The molecule has 0 aliphatic carbocycles. The van der Waals surface area contributed by atoms with E-state index in [-0.39, 0.29) is 11.7 Å². The highest BCUT2D eigenvalue weighted by Crippen LogP contribution is 2.13. The predicted octanol–water partition coefficient (Wildman–Crippen LogP) is 2.69. The maximum Gasteiger partial charge on any atom is 0.251 e. The standard InChI is InChI=1S/C18H31N3O3S/c1-6-12-25(23,24)20-17-9-7-8-16(13-17)18(22)19-10-11-21(14(2)3)15(4)5/h7-9,13-15,20H,6,10-12H2,1-5H3,(H,19,22). The van der Waals surface area contributed by atoms with Crippen LogP contribution in [0.15, 0.2) is 24.3 Å². The van der Waals surface area contributed by atoms with Crippen molar-refractivity contribution in [3.05, 3.63) is 29.8 Å². The lowest BCUT2D eigenvalue weighted by Gasteiger charge is -2.30. The van der Waals surface area contributed by atoms with Crippen molar-refractivity contribution in [2.75, 3.05) is 23.6 Å². The molecule has 0 aromatic heterocycles. The molecule has 0 aliphatic heterocycles. The van der Waals surface area contributed by atoms with E-state index in [4.69, 9.17) is 0 Å². The highest BCUT2D eigenvalue weighted by molar-refractivity contribution is 7.92. The second-order valence-corrected chi connectivity index (χ2v) is 8.52. The summed E-state index contributed by atoms with van der Waals surface area (Å²) in [5, 5.41) is 2.90. The first kappa shape index (κ1) is 21.4. The molecule has 0 saturated heterocycles. The zero-order valence-corrected chi connectivity index (χ0v) is 16.7. The summed E-state index contributed by atoms with van der Waals surface area (Å²) in [7, 11) is -3.36. The Morgan fingerprint density at radius 2 is 1.80 bits per heavy atom. The lowest BCUT2D eigenvalue weighted by atomic mass is 10.2. The van der Waals surface area contributed by atoms with E-state index in [1.54, 1.807) is 31.2 Å². The molecular weight excluding hydrogens is 338 g/mol. The quantitative estimate of drug-likeness (QED) is 0.665. The summed E-state index contributed by atoms with van der Waals surface area (Å²) in [6, 6.07) is 7.37. The van der Waals surface area contributed by atoms with E-state index in [1.807, 2.05) is 0 Å². The fourth-order valence-electron chi connectivity index (χ4n) is 2.74. The highest BCUT2D eigenvalue weighted by atomic mass is 32.2. The van der Waals surface area contributed by atoms with Crippen molar-refractivity contribution in [1.82, 2.24) is 10.2 Å². The van der Waals surface area contributed by atoms with Crippen LogP contribution in [0.1, 0.15) is 51.4 Å². The van der Waals surface area contributed by atoms with Gasteiger partial charge in [-0.3, -0.25) is 14.4 Å². The Bertz CT molecular complexity index is 649. The Labute approximate surface area is 152 Å². The minimum absolute atomic E-state index is 0.0592. The maximum absolute atomic E-state index is 12.3. The van der Waals surface area contributed by atoms with Crippen molar-refractivity contribution in [1.29, 1.82) is 0 Å². The van der Waals surface area contributed by atoms with Crippen molar-refractivity contribution in [2.24, 2.45) is 0 Å². The second kappa shape index (κ2) is 9.77. The summed E-state index contributed by atoms with van der Waals surface area (Å²) < 4.78 is 26.2. The van der Waals surface area contributed by atoms with Gasteiger partial charge < -0.3 is 5.32 Å². The number of hydrogen-bond donors (Lipinski definition) is 2. The Morgan fingerprint density at radius 3 is 2.36 bits per heavy atom. The van der Waals surface area contributed by atoms with Crippen LogP contribution in [0.25, 0.3) is 0 Å². The van der Waals surface area contributed by atoms with Crippen molar-refractivity contribution in [3.8, 4) is 0 Å². The molecule has 6 nitrogen and oxygen atoms in total. The molecular formula is C18H31N3O3S. The number of nitrogens with zero attached hydrogens (tertiary/aromatic N) is 1. The number of hydrogen-bond acceptors (Lipinski definition) is 4. The molecule has 0 saturated carbocycles. The number of carbonyl (C=O) groups is 1. The van der Waals surface area contributed by atoms with Crippen molar-refractivity contribution in [3.63, 3.8) is 0 Å². The van der Waals surface area contributed by atoms with Crippen LogP contribution in [0.2, 0.25) is 0 Å². The van der Waals surface area contributed by atoms with Crippen LogP contribution >= 0.6 is 0 Å². The van der Waals surface area contributed by atoms with Crippen LogP contribution in [0.4, 0.5) is 5.69 Å². The van der Waals surface area contributed by atoms with Crippen molar-refractivity contribution < 1.29 is 13.2 Å². The topological polar surface area (TPSA) is 78.5 Å². The van der Waals surface area contributed by atoms with Crippen LogP contribution in [0, 0.1) is 0 Å². The minimum Gasteiger partial charge on any atom is -0.351 e. The third-order valence-corrected chi connectivity index (χ3v) is 5.35. The van der Waals surface area contributed by atoms with Gasteiger partial charge >= 0.3 is 0 Å². The molecule has 0 fully saturated rings. The second-order valence-electron chi connectivity index (χ2n) is 6.68. The van der Waals surface area contributed by atoms with Gasteiger partial charge in [0.05, 0.1) is 5.75 Å². The molecule has 1 amide bonds. The van der Waals surface area contributed by atoms with Crippen LogP contribution in [0.5, 0.6) is 0 Å². The van der Waals surface area contributed by atoms with E-state index in [9.17, 15) is 13.2 Å². The van der Waals surface area contributed by atoms with Gasteiger partial charge in [-0.1, -0.05) is 13.0 Å². The molecule has 0 radical (unpaired) electrons. The molecule has 0 atom stereocenters. The van der Waals surface area contributed by atoms with E-state index < -0.39 is 10.0 Å². The largest absolute Gasteiger partial charge is 0.351 e. The third kappa shape index (κ3) is 7.44. The number of rotatable bonds is 10. The summed E-state index contributed by atoms with van der Waals surface area (Å²) in [6.45, 7) is 11.6. The van der Waals surface area contributed by atoms with Crippen LogP contribution < -0.4 is 10.0 Å². The van der Waals surface area contributed by atoms with E-state index >= 15 is 0 Å². The van der Waals surface area contributed by atoms with Gasteiger partial charge in [-0.05, 0) is 52.3 Å². The average molecular weight is 370 g/mol. The van der Waals surface area contributed by atoms with Gasteiger partial charge in [0.2, 0.25) is 10.0 Å². The molecule has 0 aliphatic rings. The first-order chi connectivity index (χ1) is 11.7. The Morgan fingerprint density at radius 1 is 1.16 bits per heavy atom. The van der Waals surface area contributed by atoms with E-state index in [0.29, 0.717) is 36.3 Å². The van der Waals surface area contributed by atoms with Crippen molar-refractivity contribution in [2.45, 2.75) is 53.1 Å². The highest BCUT2D eigenvalue weighted by Gasteiger charge is 2.14. The summed E-state index contributed by atoms with van der Waals surface area (Å²) >= 11 is 0. The van der Waals surface area contributed by atoms with Crippen LogP contribution in [-0.2, 0) is 10.0 Å². The minimum atomic E-state index is -3.36. The zero-order valence-electron chi connectivity index (χ0n) is 15.9. The van der Waals surface area contributed by atoms with Gasteiger partial charge in [0.15, 0.2) is 0 Å². The summed E-state index contributed by atoms with van der Waals surface area (Å²) in [5.41, 5.74) is 0.851. The molecule has 1 rings (SSSR count). The fraction of sp³-hybridized carbons (Fsp3) is 0.611. The summed E-state index contributed by atoms with van der Waals surface area (Å²) in [4.78, 5) is 14.6. The molecule has 0 bridgehead atoms. The molecule has 1 aromatic carbocycles. The Balaban J connectivity index is 2.66. The molecule has 2 N–H and O–H groups in total. The van der Waals surface area contributed by atoms with Gasteiger partial charge in [-0.25, -0.2) is 8.42 Å². The summed E-state index contributed by atoms with van der Waals surface area (Å²) in [6.07, 6.45) is 0.539. The number of benzene rings is 1. The van der Waals surface area contributed by atoms with Crippen LogP contribution in [-0.4, -0.2) is 50.2 Å². The van der Waals surface area contributed by atoms with E-state index in [1.165, 1.54) is 0 Å². The number of nitrogens with one attached hydrogen (secondary N) is 2. The maximum atomic E-state index is 12.3. The third-order valence-electron chi connectivity index (χ3n) is 3.85. The van der Waals surface area contributed by atoms with Gasteiger partial charge in [0, 0.05) is 36.4 Å². The molecule has 7 heteroatoms. The van der Waals surface area contributed by atoms with Gasteiger partial charge in [0.25, 0.3) is 5.91 Å². The van der Waals surface area contributed by atoms with E-state index in [2.05, 4.69) is 42.6 Å². The van der Waals surface area contributed by atoms with Crippen molar-refractivity contribution >= 4 is 21.6 Å². The number of sulfonamides is 1. The molecule has 1 aromatic rings. The van der Waals surface area contributed by atoms with Gasteiger partial charge in [-0.15, -0.1) is 0 Å². The monoisotopic (exact) mass is 369 g/mol. The first-order valence-corrected chi connectivity index (χ1v) is 10.5. The number of amides is 1. The Hall–Kier alpha value is -1.60. The molecule has 142 valence electrons. The predicted molar refractivity (Wildman–Crippen MR) is 103 cm³/mol. The number of anilines is 1. The molecule has 0 spiro atoms. The Kier molecular flexibility index (Phi) is 8.38. The lowest BCUT2D eigenvalue weighted by molar-refractivity contribution is 0.0939. The molecule has 0 unspecified atom stereocenters. The molecule has 0 heterocycles. The number of carbonyl (C=O) groups excluding carboxylic acids is 1. The zero-order chi connectivity index (χ0) is 19.0. The first-order valence-electron chi connectivity index (χ1n) is 8.80. The SMILES string of the molecule is CCCS(=O)(=O)Nc1cccc(C(=O)NCCN(C(C)C)C(C)C)c1. The fourth-order valence-corrected chi connectivity index (χ4v) is 3.86. The van der Waals surface area contributed by atoms with Gasteiger partial charge in [0.1, 0.15) is 0 Å². The molecule has 25 heavy (non-hydrogen) atoms. The average Bonchev–Trinajstić information content (AvgIpc) is 2.50. The van der Waals surface area contributed by atoms with Crippen LogP contribution in [0.3, 0.4) is 0 Å². The smallest absolute Gasteiger partial charge is 0.251 e. The van der Waals surface area contributed by atoms with Gasteiger partial charge in [-0.2, -0.15) is 0 Å². The summed E-state index contributed by atoms with van der Waals surface area (Å²) in [5.74, 6) is -0.145. The van der Waals surface area contributed by atoms with E-state index in [0.717, 1.165) is 6.54 Å². The lowest BCUT2D eigenvalue weighted by Crippen LogP contribution is -2.42. The normalized spacial score (nSPS) is 12.0.